The van der Waals surface area contributed by atoms with Crippen molar-refractivity contribution in [3.63, 3.8) is 0 Å². The van der Waals surface area contributed by atoms with Gasteiger partial charge in [0.15, 0.2) is 0 Å². The van der Waals surface area contributed by atoms with Gasteiger partial charge in [-0.25, -0.2) is 0 Å². The van der Waals surface area contributed by atoms with Crippen LogP contribution in [0, 0.1) is 13.8 Å². The Kier molecular flexibility index (Phi) is 6.27. The Morgan fingerprint density at radius 2 is 1.09 bits per heavy atom. The van der Waals surface area contributed by atoms with Crippen molar-refractivity contribution in [3.05, 3.63) is 169 Å². The number of hydrogen-bond acceptors (Lipinski definition) is 1. The van der Waals surface area contributed by atoms with E-state index in [1.54, 1.807) is 0 Å². The van der Waals surface area contributed by atoms with Gasteiger partial charge in [-0.1, -0.05) is 91.0 Å². The SMILES string of the molecule is Cc1cccc(N(c2ccccc2)c2ccc(-c3ccc4c(c3)c3c5ccccc5ccc3n4-c3cccc(C)c3)cc2)c1. The van der Waals surface area contributed by atoms with Gasteiger partial charge in [0.1, 0.15) is 0 Å². The molecule has 210 valence electrons. The molecule has 7 aromatic carbocycles. The molecule has 0 radical (unpaired) electrons. The fraction of sp³-hybridized carbons (Fsp3) is 0.0476. The molecule has 1 heterocycles. The van der Waals surface area contributed by atoms with Crippen LogP contribution in [0.5, 0.6) is 0 Å². The fourth-order valence-corrected chi connectivity index (χ4v) is 6.61. The molecule has 8 aromatic rings. The molecule has 0 aliphatic carbocycles. The molecule has 0 aliphatic heterocycles. The van der Waals surface area contributed by atoms with Crippen molar-refractivity contribution in [2.45, 2.75) is 13.8 Å². The minimum atomic E-state index is 1.13. The highest BCUT2D eigenvalue weighted by atomic mass is 15.1. The minimum absolute atomic E-state index is 1.13. The van der Waals surface area contributed by atoms with E-state index in [2.05, 4.69) is 181 Å². The number of aryl methyl sites for hydroxylation is 2. The molecule has 0 saturated heterocycles. The van der Waals surface area contributed by atoms with Gasteiger partial charge in [0, 0.05) is 33.5 Å². The van der Waals surface area contributed by atoms with Crippen molar-refractivity contribution < 1.29 is 0 Å². The molecule has 0 atom stereocenters. The van der Waals surface area contributed by atoms with Crippen LogP contribution in [-0.4, -0.2) is 4.57 Å². The first-order valence-electron chi connectivity index (χ1n) is 15.2. The van der Waals surface area contributed by atoms with Crippen molar-refractivity contribution >= 4 is 49.6 Å². The van der Waals surface area contributed by atoms with E-state index >= 15 is 0 Å². The predicted molar refractivity (Wildman–Crippen MR) is 188 cm³/mol. The molecule has 1 aromatic heterocycles. The number of rotatable bonds is 5. The topological polar surface area (TPSA) is 8.17 Å². The van der Waals surface area contributed by atoms with Gasteiger partial charge in [-0.3, -0.25) is 0 Å². The molecule has 0 amide bonds. The van der Waals surface area contributed by atoms with Gasteiger partial charge >= 0.3 is 0 Å². The van der Waals surface area contributed by atoms with E-state index in [1.165, 1.54) is 60.5 Å². The molecule has 0 saturated carbocycles. The molecule has 44 heavy (non-hydrogen) atoms. The third kappa shape index (κ3) is 4.44. The average molecular weight is 565 g/mol. The third-order valence-electron chi connectivity index (χ3n) is 8.65. The van der Waals surface area contributed by atoms with Crippen LogP contribution in [0.1, 0.15) is 11.1 Å². The zero-order valence-corrected chi connectivity index (χ0v) is 24.9. The smallest absolute Gasteiger partial charge is 0.0547 e. The number of nitrogens with zero attached hydrogens (tertiary/aromatic N) is 2. The molecule has 0 bridgehead atoms. The molecule has 0 fully saturated rings. The van der Waals surface area contributed by atoms with Gasteiger partial charge in [-0.15, -0.1) is 0 Å². The van der Waals surface area contributed by atoms with E-state index in [-0.39, 0.29) is 0 Å². The Balaban J connectivity index is 1.29. The molecular weight excluding hydrogens is 532 g/mol. The minimum Gasteiger partial charge on any atom is -0.310 e. The summed E-state index contributed by atoms with van der Waals surface area (Å²) < 4.78 is 2.41. The second-order valence-electron chi connectivity index (χ2n) is 11.6. The first-order chi connectivity index (χ1) is 21.6. The summed E-state index contributed by atoms with van der Waals surface area (Å²) in [7, 11) is 0. The van der Waals surface area contributed by atoms with Crippen LogP contribution in [0.4, 0.5) is 17.1 Å². The maximum atomic E-state index is 2.41. The standard InChI is InChI=1S/C42H32N2/c1-29-10-8-15-36(26-29)43(34-13-4-3-5-14-34)35-22-18-31(19-23-35)33-21-24-40-39(28-33)42-38-17-7-6-12-32(38)20-25-41(42)44(40)37-16-9-11-30(2)27-37/h3-28H,1-2H3. The van der Waals surface area contributed by atoms with Crippen LogP contribution in [-0.2, 0) is 0 Å². The second kappa shape index (κ2) is 10.6. The van der Waals surface area contributed by atoms with Gasteiger partial charge in [-0.2, -0.15) is 0 Å². The molecule has 2 nitrogen and oxygen atoms in total. The van der Waals surface area contributed by atoms with Crippen LogP contribution in [0.25, 0.3) is 49.4 Å². The molecule has 0 N–H and O–H groups in total. The van der Waals surface area contributed by atoms with Gasteiger partial charge in [-0.05, 0) is 114 Å². The van der Waals surface area contributed by atoms with Crippen LogP contribution < -0.4 is 4.90 Å². The number of benzene rings is 7. The molecular formula is C42H32N2. The maximum Gasteiger partial charge on any atom is 0.0547 e. The fourth-order valence-electron chi connectivity index (χ4n) is 6.61. The number of aromatic nitrogens is 1. The summed E-state index contributed by atoms with van der Waals surface area (Å²) in [6, 6.07) is 57.2. The summed E-state index contributed by atoms with van der Waals surface area (Å²) in [4.78, 5) is 2.32. The molecule has 8 rings (SSSR count). The summed E-state index contributed by atoms with van der Waals surface area (Å²) >= 11 is 0. The first-order valence-corrected chi connectivity index (χ1v) is 15.2. The lowest BCUT2D eigenvalue weighted by molar-refractivity contribution is 1.17. The zero-order chi connectivity index (χ0) is 29.6. The lowest BCUT2D eigenvalue weighted by Gasteiger charge is -2.26. The lowest BCUT2D eigenvalue weighted by Crippen LogP contribution is -2.09. The number of fused-ring (bicyclic) bond motifs is 5. The third-order valence-corrected chi connectivity index (χ3v) is 8.65. The first kappa shape index (κ1) is 26.1. The van der Waals surface area contributed by atoms with Crippen molar-refractivity contribution in [1.82, 2.24) is 4.57 Å². The average Bonchev–Trinajstić information content (AvgIpc) is 3.40. The summed E-state index contributed by atoms with van der Waals surface area (Å²) in [6.07, 6.45) is 0. The van der Waals surface area contributed by atoms with Crippen LogP contribution in [0.15, 0.2) is 158 Å². The predicted octanol–water partition coefficient (Wildman–Crippen LogP) is 11.7. The van der Waals surface area contributed by atoms with Crippen molar-refractivity contribution in [3.8, 4) is 16.8 Å². The van der Waals surface area contributed by atoms with Gasteiger partial charge in [0.25, 0.3) is 0 Å². The molecule has 0 spiro atoms. The lowest BCUT2D eigenvalue weighted by atomic mass is 10.00. The normalized spacial score (nSPS) is 11.4. The van der Waals surface area contributed by atoms with Crippen LogP contribution in [0.3, 0.4) is 0 Å². The Morgan fingerprint density at radius 1 is 0.432 bits per heavy atom. The number of anilines is 3. The van der Waals surface area contributed by atoms with Gasteiger partial charge in [0.05, 0.1) is 11.0 Å². The quantitative estimate of drug-likeness (QED) is 0.202. The van der Waals surface area contributed by atoms with Crippen molar-refractivity contribution in [2.75, 3.05) is 4.90 Å². The van der Waals surface area contributed by atoms with E-state index in [4.69, 9.17) is 0 Å². The van der Waals surface area contributed by atoms with E-state index < -0.39 is 0 Å². The Bertz CT molecular complexity index is 2290. The monoisotopic (exact) mass is 564 g/mol. The van der Waals surface area contributed by atoms with Gasteiger partial charge in [0.2, 0.25) is 0 Å². The van der Waals surface area contributed by atoms with Gasteiger partial charge < -0.3 is 9.47 Å². The largest absolute Gasteiger partial charge is 0.310 e. The summed E-state index contributed by atoms with van der Waals surface area (Å²) in [6.45, 7) is 4.30. The van der Waals surface area contributed by atoms with E-state index in [0.29, 0.717) is 0 Å². The number of para-hydroxylation sites is 1. The summed E-state index contributed by atoms with van der Waals surface area (Å²) in [5, 5.41) is 5.11. The molecule has 2 heteroatoms. The number of hydrogen-bond donors (Lipinski definition) is 0. The van der Waals surface area contributed by atoms with E-state index in [0.717, 1.165) is 17.1 Å². The molecule has 0 unspecified atom stereocenters. The second-order valence-corrected chi connectivity index (χ2v) is 11.6. The van der Waals surface area contributed by atoms with Crippen molar-refractivity contribution in [1.29, 1.82) is 0 Å². The highest BCUT2D eigenvalue weighted by molar-refractivity contribution is 6.21. The van der Waals surface area contributed by atoms with E-state index in [1.807, 2.05) is 0 Å². The Morgan fingerprint density at radius 3 is 1.89 bits per heavy atom. The summed E-state index contributed by atoms with van der Waals surface area (Å²) in [5.74, 6) is 0. The van der Waals surface area contributed by atoms with E-state index in [9.17, 15) is 0 Å². The Hall–Kier alpha value is -5.60. The maximum absolute atomic E-state index is 2.41. The highest BCUT2D eigenvalue weighted by Gasteiger charge is 2.17. The summed E-state index contributed by atoms with van der Waals surface area (Å²) in [5.41, 5.74) is 12.0. The highest BCUT2D eigenvalue weighted by Crippen LogP contribution is 2.40. The Labute approximate surface area is 258 Å². The zero-order valence-electron chi connectivity index (χ0n) is 24.9. The van der Waals surface area contributed by atoms with Crippen LogP contribution in [0.2, 0.25) is 0 Å². The molecule has 0 aliphatic rings. The van der Waals surface area contributed by atoms with Crippen LogP contribution >= 0.6 is 0 Å². The van der Waals surface area contributed by atoms with Crippen molar-refractivity contribution in [2.24, 2.45) is 0 Å².